The van der Waals surface area contributed by atoms with E-state index in [4.69, 9.17) is 9.47 Å². The highest BCUT2D eigenvalue weighted by molar-refractivity contribution is 7.86. The third-order valence-corrected chi connectivity index (χ3v) is 6.38. The first-order valence-corrected chi connectivity index (χ1v) is 9.97. The van der Waals surface area contributed by atoms with Crippen molar-refractivity contribution in [2.24, 2.45) is 5.92 Å². The quantitative estimate of drug-likeness (QED) is 0.558. The van der Waals surface area contributed by atoms with Gasteiger partial charge in [0.25, 0.3) is 0 Å². The Morgan fingerprint density at radius 2 is 1.96 bits per heavy atom. The monoisotopic (exact) mass is 391 g/mol. The molecule has 144 valence electrons. The summed E-state index contributed by atoms with van der Waals surface area (Å²) in [5.74, 6) is -2.06. The molecule has 0 radical (unpaired) electrons. The third-order valence-electron chi connectivity index (χ3n) is 4.62. The molecular weight excluding hydrogens is 370 g/mol. The number of rotatable bonds is 5. The molecule has 7 nitrogen and oxygen atoms in total. The van der Waals surface area contributed by atoms with Crippen molar-refractivity contribution < 1.29 is 28.1 Å². The van der Waals surface area contributed by atoms with E-state index in [9.17, 15) is 18.6 Å². The Hall–Kier alpha value is -2.48. The normalized spacial score (nSPS) is 25.4. The summed E-state index contributed by atoms with van der Waals surface area (Å²) >= 11 is 0. The molecule has 8 heteroatoms. The van der Waals surface area contributed by atoms with Crippen molar-refractivity contribution >= 4 is 28.6 Å². The van der Waals surface area contributed by atoms with Crippen molar-refractivity contribution in [2.75, 3.05) is 5.75 Å². The number of hydrogen-bond acceptors (Lipinski definition) is 6. The van der Waals surface area contributed by atoms with Crippen molar-refractivity contribution in [1.82, 2.24) is 4.90 Å². The molecular formula is C19H21NO6S. The fraction of sp³-hybridized carbons (Fsp3) is 0.421. The molecule has 1 saturated heterocycles. The molecule has 0 aromatic heterocycles. The first kappa shape index (κ1) is 19.3. The van der Waals surface area contributed by atoms with Gasteiger partial charge in [-0.3, -0.25) is 18.7 Å². The number of β-lactam (4-membered cyclic amide) rings is 1. The van der Waals surface area contributed by atoms with Crippen LogP contribution in [-0.4, -0.2) is 44.2 Å². The van der Waals surface area contributed by atoms with Crippen molar-refractivity contribution in [1.29, 1.82) is 0 Å². The lowest BCUT2D eigenvalue weighted by atomic mass is 9.91. The second-order valence-corrected chi connectivity index (χ2v) is 8.19. The fourth-order valence-electron chi connectivity index (χ4n) is 3.41. The van der Waals surface area contributed by atoms with Crippen LogP contribution in [0.5, 0.6) is 0 Å². The van der Waals surface area contributed by atoms with Crippen LogP contribution in [0.1, 0.15) is 26.3 Å². The van der Waals surface area contributed by atoms with E-state index in [1.165, 1.54) is 11.8 Å². The van der Waals surface area contributed by atoms with Gasteiger partial charge in [0.2, 0.25) is 5.91 Å². The van der Waals surface area contributed by atoms with Crippen LogP contribution in [0.15, 0.2) is 41.6 Å². The molecule has 2 unspecified atom stereocenters. The van der Waals surface area contributed by atoms with Gasteiger partial charge in [-0.05, 0) is 25.0 Å². The molecule has 0 aliphatic carbocycles. The van der Waals surface area contributed by atoms with Gasteiger partial charge in [0.1, 0.15) is 29.7 Å². The number of esters is 2. The summed E-state index contributed by atoms with van der Waals surface area (Å²) < 4.78 is 23.0. The van der Waals surface area contributed by atoms with E-state index in [2.05, 4.69) is 0 Å². The smallest absolute Gasteiger partial charge is 0.355 e. The molecule has 4 atom stereocenters. The summed E-state index contributed by atoms with van der Waals surface area (Å²) in [6.07, 6.45) is -0.708. The number of fused-ring (bicyclic) bond motifs is 1. The van der Waals surface area contributed by atoms with E-state index < -0.39 is 40.1 Å². The van der Waals surface area contributed by atoms with Gasteiger partial charge in [-0.1, -0.05) is 30.3 Å². The number of amides is 1. The predicted octanol–water partition coefficient (Wildman–Crippen LogP) is 1.50. The zero-order valence-corrected chi connectivity index (χ0v) is 16.2. The SMILES string of the molecule is CC(=O)OC(C)[C@H]1C(=O)N2C(C(=O)OCc3ccccc3)=C(C)CS(=O)[C@H]12. The first-order chi connectivity index (χ1) is 12.8. The van der Waals surface area contributed by atoms with E-state index in [0.29, 0.717) is 5.57 Å². The summed E-state index contributed by atoms with van der Waals surface area (Å²) in [6, 6.07) is 9.21. The summed E-state index contributed by atoms with van der Waals surface area (Å²) in [4.78, 5) is 37.7. The number of carbonyl (C=O) groups excluding carboxylic acids is 3. The minimum atomic E-state index is -1.37. The third kappa shape index (κ3) is 3.66. The highest BCUT2D eigenvalue weighted by atomic mass is 32.2. The molecule has 2 aliphatic rings. The largest absolute Gasteiger partial charge is 0.462 e. The highest BCUT2D eigenvalue weighted by Crippen LogP contribution is 2.41. The van der Waals surface area contributed by atoms with Crippen LogP contribution < -0.4 is 0 Å². The summed E-state index contributed by atoms with van der Waals surface area (Å²) in [5.41, 5.74) is 1.53. The van der Waals surface area contributed by atoms with Crippen LogP contribution in [-0.2, 0) is 41.3 Å². The lowest BCUT2D eigenvalue weighted by Crippen LogP contribution is -2.68. The topological polar surface area (TPSA) is 90.0 Å². The molecule has 3 rings (SSSR count). The number of nitrogens with zero attached hydrogens (tertiary/aromatic N) is 1. The molecule has 2 heterocycles. The van der Waals surface area contributed by atoms with E-state index in [0.717, 1.165) is 5.56 Å². The molecule has 27 heavy (non-hydrogen) atoms. The van der Waals surface area contributed by atoms with Gasteiger partial charge in [-0.25, -0.2) is 4.79 Å². The fourth-order valence-corrected chi connectivity index (χ4v) is 5.25. The lowest BCUT2D eigenvalue weighted by molar-refractivity contribution is -0.167. The molecule has 0 bridgehead atoms. The predicted molar refractivity (Wildman–Crippen MR) is 97.3 cm³/mol. The minimum Gasteiger partial charge on any atom is -0.462 e. The number of ether oxygens (including phenoxy) is 2. The summed E-state index contributed by atoms with van der Waals surface area (Å²) in [5, 5.41) is -0.685. The van der Waals surface area contributed by atoms with Gasteiger partial charge in [0.15, 0.2) is 0 Å². The van der Waals surface area contributed by atoms with Crippen LogP contribution >= 0.6 is 0 Å². The molecule has 1 amide bonds. The van der Waals surface area contributed by atoms with Crippen LogP contribution in [0.4, 0.5) is 0 Å². The Labute approximate surface area is 159 Å². The average molecular weight is 391 g/mol. The maximum atomic E-state index is 12.7. The van der Waals surface area contributed by atoms with Crippen molar-refractivity contribution in [3.63, 3.8) is 0 Å². The Morgan fingerprint density at radius 1 is 1.30 bits per heavy atom. The Morgan fingerprint density at radius 3 is 2.59 bits per heavy atom. The average Bonchev–Trinajstić information content (AvgIpc) is 2.60. The van der Waals surface area contributed by atoms with Gasteiger partial charge in [0.05, 0.1) is 0 Å². The van der Waals surface area contributed by atoms with E-state index in [1.54, 1.807) is 13.8 Å². The maximum absolute atomic E-state index is 12.7. The standard InChI is InChI=1S/C19H21NO6S/c1-11-10-27(24)18-15(12(2)26-13(3)21)17(22)20(18)16(11)19(23)25-9-14-7-5-4-6-8-14/h4-8,12,15,18H,9-10H2,1-3H3/t12?,15-,18+,27?/m0/s1. The Kier molecular flexibility index (Phi) is 5.46. The second-order valence-electron chi connectivity index (χ2n) is 6.65. The van der Waals surface area contributed by atoms with Crippen LogP contribution in [0.3, 0.4) is 0 Å². The molecule has 0 saturated carbocycles. The van der Waals surface area contributed by atoms with Crippen LogP contribution in [0, 0.1) is 5.92 Å². The molecule has 0 spiro atoms. The molecule has 1 aromatic rings. The molecule has 1 aromatic carbocycles. The zero-order chi connectivity index (χ0) is 19.7. The summed E-state index contributed by atoms with van der Waals surface area (Å²) in [6.45, 7) is 4.60. The van der Waals surface area contributed by atoms with Gasteiger partial charge in [-0.2, -0.15) is 0 Å². The van der Waals surface area contributed by atoms with Crippen LogP contribution in [0.25, 0.3) is 0 Å². The van der Waals surface area contributed by atoms with Crippen LogP contribution in [0.2, 0.25) is 0 Å². The Bertz CT molecular complexity index is 834. The van der Waals surface area contributed by atoms with E-state index in [-0.39, 0.29) is 24.0 Å². The Balaban J connectivity index is 1.77. The van der Waals surface area contributed by atoms with Gasteiger partial charge >= 0.3 is 11.9 Å². The zero-order valence-electron chi connectivity index (χ0n) is 15.3. The van der Waals surface area contributed by atoms with E-state index >= 15 is 0 Å². The van der Waals surface area contributed by atoms with Gasteiger partial charge < -0.3 is 9.47 Å². The molecule has 2 aliphatic heterocycles. The number of benzene rings is 1. The summed E-state index contributed by atoms with van der Waals surface area (Å²) in [7, 11) is -1.37. The second kappa shape index (κ2) is 7.64. The lowest BCUT2D eigenvalue weighted by Gasteiger charge is -2.50. The minimum absolute atomic E-state index is 0.0829. The number of carbonyl (C=O) groups is 3. The van der Waals surface area contributed by atoms with E-state index in [1.807, 2.05) is 30.3 Å². The van der Waals surface area contributed by atoms with Gasteiger partial charge in [-0.15, -0.1) is 0 Å². The first-order valence-electron chi connectivity index (χ1n) is 8.59. The maximum Gasteiger partial charge on any atom is 0.355 e. The number of hydrogen-bond donors (Lipinski definition) is 0. The molecule has 1 fully saturated rings. The highest BCUT2D eigenvalue weighted by Gasteiger charge is 2.58. The van der Waals surface area contributed by atoms with Gasteiger partial charge in [0, 0.05) is 23.5 Å². The van der Waals surface area contributed by atoms with Crippen molar-refractivity contribution in [3.05, 3.63) is 47.2 Å². The van der Waals surface area contributed by atoms with Crippen molar-refractivity contribution in [2.45, 2.75) is 38.9 Å². The van der Waals surface area contributed by atoms with Crippen molar-refractivity contribution in [3.8, 4) is 0 Å². The molecule has 0 N–H and O–H groups in total.